The molecule has 2 aliphatic carbocycles. The van der Waals surface area contributed by atoms with Crippen molar-refractivity contribution < 1.29 is 0 Å². The quantitative estimate of drug-likeness (QED) is 0.346. The highest BCUT2D eigenvalue weighted by molar-refractivity contribution is 5.27. The van der Waals surface area contributed by atoms with Gasteiger partial charge in [0.1, 0.15) is 0 Å². The van der Waals surface area contributed by atoms with E-state index in [4.69, 9.17) is 0 Å². The molecular formula is C10H11NO. The van der Waals surface area contributed by atoms with Crippen molar-refractivity contribution in [1.29, 1.82) is 0 Å². The topological polar surface area (TPSA) is 29.4 Å². The lowest BCUT2D eigenvalue weighted by Gasteiger charge is -2.10. The SMILES string of the molecule is O=NCC1CC#CC2C=C1CC2. The Bertz CT molecular complexity index is 282. The van der Waals surface area contributed by atoms with Gasteiger partial charge in [0.15, 0.2) is 0 Å². The first-order valence-corrected chi connectivity index (χ1v) is 4.38. The third-order valence-electron chi connectivity index (χ3n) is 2.61. The van der Waals surface area contributed by atoms with E-state index in [9.17, 15) is 4.91 Å². The Kier molecular flexibility index (Phi) is 1.95. The van der Waals surface area contributed by atoms with Crippen molar-refractivity contribution in [1.82, 2.24) is 0 Å². The van der Waals surface area contributed by atoms with Crippen molar-refractivity contribution in [2.24, 2.45) is 17.0 Å². The fourth-order valence-corrected chi connectivity index (χ4v) is 1.92. The summed E-state index contributed by atoms with van der Waals surface area (Å²) in [5.74, 6) is 7.09. The largest absolute Gasteiger partial charge is 0.151 e. The van der Waals surface area contributed by atoms with Gasteiger partial charge >= 0.3 is 0 Å². The van der Waals surface area contributed by atoms with E-state index in [1.807, 2.05) is 0 Å². The highest BCUT2D eigenvalue weighted by atomic mass is 16.3. The number of hydrogen-bond donors (Lipinski definition) is 0. The van der Waals surface area contributed by atoms with Gasteiger partial charge in [-0.15, -0.1) is 5.92 Å². The molecule has 0 heterocycles. The Balaban J connectivity index is 2.17. The number of hydrogen-bond acceptors (Lipinski definition) is 2. The second kappa shape index (κ2) is 3.10. The minimum atomic E-state index is 0.322. The van der Waals surface area contributed by atoms with Crippen LogP contribution in [-0.2, 0) is 0 Å². The van der Waals surface area contributed by atoms with Crippen molar-refractivity contribution >= 4 is 0 Å². The third kappa shape index (κ3) is 1.27. The molecule has 0 aromatic carbocycles. The molecule has 62 valence electrons. The van der Waals surface area contributed by atoms with Crippen LogP contribution in [0, 0.1) is 28.6 Å². The molecule has 0 spiro atoms. The van der Waals surface area contributed by atoms with Crippen molar-refractivity contribution in [2.45, 2.75) is 19.3 Å². The number of rotatable bonds is 2. The molecule has 2 rings (SSSR count). The van der Waals surface area contributed by atoms with Crippen molar-refractivity contribution in [3.8, 4) is 11.8 Å². The lowest BCUT2D eigenvalue weighted by atomic mass is 9.95. The summed E-state index contributed by atoms with van der Waals surface area (Å²) in [5.41, 5.74) is 1.40. The molecule has 0 saturated carbocycles. The van der Waals surface area contributed by atoms with Gasteiger partial charge in [0, 0.05) is 18.3 Å². The molecule has 0 saturated heterocycles. The van der Waals surface area contributed by atoms with Crippen LogP contribution in [0.15, 0.2) is 16.8 Å². The summed E-state index contributed by atoms with van der Waals surface area (Å²) in [4.78, 5) is 10.1. The molecule has 0 amide bonds. The van der Waals surface area contributed by atoms with Gasteiger partial charge in [0.05, 0.1) is 6.54 Å². The highest BCUT2D eigenvalue weighted by Crippen LogP contribution is 2.32. The smallest absolute Gasteiger partial charge is 0.0885 e. The van der Waals surface area contributed by atoms with Gasteiger partial charge in [0.2, 0.25) is 0 Å². The third-order valence-corrected chi connectivity index (χ3v) is 2.61. The number of fused-ring (bicyclic) bond motifs is 1. The molecule has 0 radical (unpaired) electrons. The van der Waals surface area contributed by atoms with Crippen molar-refractivity contribution in [3.05, 3.63) is 16.6 Å². The van der Waals surface area contributed by atoms with Crippen molar-refractivity contribution in [2.75, 3.05) is 6.54 Å². The molecule has 0 N–H and O–H groups in total. The molecule has 2 heteroatoms. The van der Waals surface area contributed by atoms with Gasteiger partial charge in [-0.05, 0) is 12.8 Å². The normalized spacial score (nSPS) is 31.5. The summed E-state index contributed by atoms with van der Waals surface area (Å²) in [6.45, 7) is 0.410. The first-order chi connectivity index (χ1) is 5.90. The average Bonchev–Trinajstić information content (AvgIpc) is 2.41. The summed E-state index contributed by atoms with van der Waals surface area (Å²) in [6, 6.07) is 0. The zero-order chi connectivity index (χ0) is 8.39. The second-order valence-electron chi connectivity index (χ2n) is 3.42. The Labute approximate surface area is 72.0 Å². The van der Waals surface area contributed by atoms with Crippen LogP contribution in [0.3, 0.4) is 0 Å². The van der Waals surface area contributed by atoms with E-state index in [0.717, 1.165) is 19.3 Å². The van der Waals surface area contributed by atoms with Crippen LogP contribution in [0.5, 0.6) is 0 Å². The molecule has 2 atom stereocenters. The molecule has 2 nitrogen and oxygen atoms in total. The van der Waals surface area contributed by atoms with Crippen LogP contribution in [-0.4, -0.2) is 6.54 Å². The Morgan fingerprint density at radius 3 is 3.42 bits per heavy atom. The lowest BCUT2D eigenvalue weighted by molar-refractivity contribution is 0.614. The van der Waals surface area contributed by atoms with Crippen LogP contribution in [0.25, 0.3) is 0 Å². The summed E-state index contributed by atoms with van der Waals surface area (Å²) in [7, 11) is 0. The lowest BCUT2D eigenvalue weighted by Crippen LogP contribution is -2.05. The van der Waals surface area contributed by atoms with Gasteiger partial charge in [-0.2, -0.15) is 4.91 Å². The summed E-state index contributed by atoms with van der Waals surface area (Å²) in [6.07, 6.45) is 5.33. The van der Waals surface area contributed by atoms with Crippen LogP contribution in [0.4, 0.5) is 0 Å². The van der Waals surface area contributed by atoms with Crippen molar-refractivity contribution in [3.63, 3.8) is 0 Å². The molecule has 0 aromatic heterocycles. The van der Waals surface area contributed by atoms with Gasteiger partial charge in [0.25, 0.3) is 0 Å². The molecule has 2 bridgehead atoms. The van der Waals surface area contributed by atoms with E-state index in [2.05, 4.69) is 23.1 Å². The standard InChI is InChI=1S/C10H11NO/c12-11-7-10-3-1-2-8-4-5-9(10)6-8/h6,8,10H,3-5,7H2. The van der Waals surface area contributed by atoms with E-state index in [-0.39, 0.29) is 0 Å². The maximum Gasteiger partial charge on any atom is 0.0885 e. The van der Waals surface area contributed by atoms with E-state index in [0.29, 0.717) is 18.4 Å². The zero-order valence-corrected chi connectivity index (χ0v) is 6.92. The first-order valence-electron chi connectivity index (χ1n) is 4.38. The molecule has 2 unspecified atom stereocenters. The molecule has 2 aliphatic rings. The fraction of sp³-hybridized carbons (Fsp3) is 0.600. The predicted molar refractivity (Wildman–Crippen MR) is 47.4 cm³/mol. The van der Waals surface area contributed by atoms with E-state index in [1.54, 1.807) is 0 Å². The summed E-state index contributed by atoms with van der Waals surface area (Å²) >= 11 is 0. The van der Waals surface area contributed by atoms with E-state index >= 15 is 0 Å². The Morgan fingerprint density at radius 2 is 2.58 bits per heavy atom. The number of allylic oxidation sites excluding steroid dienone is 1. The van der Waals surface area contributed by atoms with Gasteiger partial charge < -0.3 is 0 Å². The average molecular weight is 161 g/mol. The number of nitroso groups, excluding NO2 is 1. The highest BCUT2D eigenvalue weighted by Gasteiger charge is 2.23. The van der Waals surface area contributed by atoms with E-state index in [1.165, 1.54) is 5.57 Å². The van der Waals surface area contributed by atoms with Crippen LogP contribution in [0.2, 0.25) is 0 Å². The molecule has 12 heavy (non-hydrogen) atoms. The van der Waals surface area contributed by atoms with Gasteiger partial charge in [-0.1, -0.05) is 22.7 Å². The number of nitrogens with zero attached hydrogens (tertiary/aromatic N) is 1. The minimum absolute atomic E-state index is 0.322. The molecule has 0 fully saturated rings. The predicted octanol–water partition coefficient (Wildman–Crippen LogP) is 2.11. The van der Waals surface area contributed by atoms with Gasteiger partial charge in [-0.25, -0.2) is 0 Å². The molecular weight excluding hydrogens is 150 g/mol. The van der Waals surface area contributed by atoms with E-state index < -0.39 is 0 Å². The summed E-state index contributed by atoms with van der Waals surface area (Å²) < 4.78 is 0. The molecule has 0 aliphatic heterocycles. The first kappa shape index (κ1) is 7.54. The summed E-state index contributed by atoms with van der Waals surface area (Å²) in [5, 5.41) is 2.96. The van der Waals surface area contributed by atoms with Crippen LogP contribution >= 0.6 is 0 Å². The maximum atomic E-state index is 10.1. The fourth-order valence-electron chi connectivity index (χ4n) is 1.92. The second-order valence-corrected chi connectivity index (χ2v) is 3.42. The van der Waals surface area contributed by atoms with Gasteiger partial charge in [-0.3, -0.25) is 0 Å². The zero-order valence-electron chi connectivity index (χ0n) is 6.92. The minimum Gasteiger partial charge on any atom is -0.151 e. The Morgan fingerprint density at radius 1 is 1.67 bits per heavy atom. The monoisotopic (exact) mass is 161 g/mol. The van der Waals surface area contributed by atoms with Crippen LogP contribution in [0.1, 0.15) is 19.3 Å². The maximum absolute atomic E-state index is 10.1. The van der Waals surface area contributed by atoms with Crippen LogP contribution < -0.4 is 0 Å². The molecule has 0 aromatic rings. The Hall–Kier alpha value is -1.10.